The van der Waals surface area contributed by atoms with Gasteiger partial charge >= 0.3 is 0 Å². The Morgan fingerprint density at radius 1 is 1.40 bits per heavy atom. The number of para-hydroxylation sites is 1. The Morgan fingerprint density at radius 3 is 2.70 bits per heavy atom. The summed E-state index contributed by atoms with van der Waals surface area (Å²) in [4.78, 5) is 22.1. The van der Waals surface area contributed by atoms with E-state index in [4.69, 9.17) is 0 Å². The first kappa shape index (κ1) is 14.4. The van der Waals surface area contributed by atoms with Gasteiger partial charge in [0.05, 0.1) is 22.8 Å². The number of hydrogen-bond donors (Lipinski definition) is 1. The molecule has 0 aromatic heterocycles. The van der Waals surface area contributed by atoms with E-state index in [1.807, 2.05) is 0 Å². The third kappa shape index (κ3) is 3.53. The minimum Gasteiger partial charge on any atom is -0.352 e. The molecule has 20 heavy (non-hydrogen) atoms. The van der Waals surface area contributed by atoms with Crippen molar-refractivity contribution in [2.24, 2.45) is 0 Å². The Hall–Kier alpha value is -1.96. The summed E-state index contributed by atoms with van der Waals surface area (Å²) in [6.45, 7) is 0. The van der Waals surface area contributed by atoms with Crippen molar-refractivity contribution >= 4 is 21.4 Å². The smallest absolute Gasteiger partial charge is 0.273 e. The molecule has 108 valence electrons. The van der Waals surface area contributed by atoms with Gasteiger partial charge in [-0.25, -0.2) is 8.42 Å². The topological polar surface area (TPSA) is 106 Å². The molecule has 1 amide bonds. The van der Waals surface area contributed by atoms with Gasteiger partial charge in [0, 0.05) is 17.7 Å². The zero-order valence-electron chi connectivity index (χ0n) is 10.6. The minimum absolute atomic E-state index is 0.0599. The van der Waals surface area contributed by atoms with E-state index in [1.165, 1.54) is 18.2 Å². The van der Waals surface area contributed by atoms with Gasteiger partial charge in [-0.2, -0.15) is 0 Å². The summed E-state index contributed by atoms with van der Waals surface area (Å²) >= 11 is 0. The van der Waals surface area contributed by atoms with Gasteiger partial charge in [-0.1, -0.05) is 18.2 Å². The molecule has 1 aromatic carbocycles. The van der Waals surface area contributed by atoms with Crippen LogP contribution in [0.25, 0.3) is 0 Å². The molecule has 1 unspecified atom stereocenters. The van der Waals surface area contributed by atoms with Crippen molar-refractivity contribution in [2.75, 3.05) is 11.5 Å². The SMILES string of the molecule is O=C(Cc1ccccc1[N+](=O)[O-])NC1CCS(=O)(=O)C1. The van der Waals surface area contributed by atoms with E-state index >= 15 is 0 Å². The number of hydrogen-bond acceptors (Lipinski definition) is 5. The third-order valence-corrected chi connectivity index (χ3v) is 4.90. The van der Waals surface area contributed by atoms with E-state index in [2.05, 4.69) is 5.32 Å². The lowest BCUT2D eigenvalue weighted by Crippen LogP contribution is -2.36. The van der Waals surface area contributed by atoms with Crippen molar-refractivity contribution in [1.82, 2.24) is 5.32 Å². The number of carbonyl (C=O) groups excluding carboxylic acids is 1. The van der Waals surface area contributed by atoms with Crippen LogP contribution in [-0.4, -0.2) is 36.8 Å². The van der Waals surface area contributed by atoms with Crippen LogP contribution in [-0.2, 0) is 21.1 Å². The third-order valence-electron chi connectivity index (χ3n) is 3.14. The van der Waals surface area contributed by atoms with Crippen molar-refractivity contribution < 1.29 is 18.1 Å². The molecule has 1 aliphatic rings. The molecular weight excluding hydrogens is 284 g/mol. The Morgan fingerprint density at radius 2 is 2.10 bits per heavy atom. The highest BCUT2D eigenvalue weighted by molar-refractivity contribution is 7.91. The van der Waals surface area contributed by atoms with Gasteiger partial charge in [0.2, 0.25) is 5.91 Å². The van der Waals surface area contributed by atoms with Crippen LogP contribution in [0.1, 0.15) is 12.0 Å². The molecule has 0 aliphatic carbocycles. The largest absolute Gasteiger partial charge is 0.352 e. The number of carbonyl (C=O) groups is 1. The molecule has 1 aromatic rings. The van der Waals surface area contributed by atoms with Crippen LogP contribution < -0.4 is 5.32 Å². The van der Waals surface area contributed by atoms with Crippen LogP contribution >= 0.6 is 0 Å². The quantitative estimate of drug-likeness (QED) is 0.641. The summed E-state index contributed by atoms with van der Waals surface area (Å²) in [7, 11) is -3.06. The van der Waals surface area contributed by atoms with Gasteiger partial charge in [-0.3, -0.25) is 14.9 Å². The van der Waals surface area contributed by atoms with E-state index < -0.39 is 26.7 Å². The van der Waals surface area contributed by atoms with Crippen LogP contribution in [0.15, 0.2) is 24.3 Å². The molecule has 1 heterocycles. The highest BCUT2D eigenvalue weighted by atomic mass is 32.2. The molecule has 1 aliphatic heterocycles. The summed E-state index contributed by atoms with van der Waals surface area (Å²) in [5.41, 5.74) is 0.206. The fraction of sp³-hybridized carbons (Fsp3) is 0.417. The van der Waals surface area contributed by atoms with Gasteiger partial charge in [-0.15, -0.1) is 0 Å². The highest BCUT2D eigenvalue weighted by Crippen LogP contribution is 2.18. The predicted molar refractivity (Wildman–Crippen MR) is 72.0 cm³/mol. The number of nitro benzene ring substituents is 1. The number of nitrogens with one attached hydrogen (secondary N) is 1. The average Bonchev–Trinajstić information content (AvgIpc) is 2.68. The van der Waals surface area contributed by atoms with Gasteiger partial charge in [0.1, 0.15) is 0 Å². The number of amides is 1. The fourth-order valence-corrected chi connectivity index (χ4v) is 3.87. The molecule has 0 radical (unpaired) electrons. The molecule has 1 fully saturated rings. The summed E-state index contributed by atoms with van der Waals surface area (Å²) < 4.78 is 22.6. The molecular formula is C12H14N2O5S. The van der Waals surface area contributed by atoms with Crippen LogP contribution in [0.2, 0.25) is 0 Å². The molecule has 7 nitrogen and oxygen atoms in total. The Balaban J connectivity index is 2.01. The van der Waals surface area contributed by atoms with Crippen molar-refractivity contribution in [3.63, 3.8) is 0 Å². The fourth-order valence-electron chi connectivity index (χ4n) is 2.20. The summed E-state index contributed by atoms with van der Waals surface area (Å²) in [5, 5.41) is 13.4. The molecule has 2 rings (SSSR count). The zero-order chi connectivity index (χ0) is 14.8. The maximum absolute atomic E-state index is 11.8. The van der Waals surface area contributed by atoms with Crippen LogP contribution in [0.5, 0.6) is 0 Å². The molecule has 1 atom stereocenters. The van der Waals surface area contributed by atoms with Crippen LogP contribution in [0.4, 0.5) is 5.69 Å². The number of sulfone groups is 1. The monoisotopic (exact) mass is 298 g/mol. The number of rotatable bonds is 4. The molecule has 0 saturated carbocycles. The van der Waals surface area contributed by atoms with Crippen molar-refractivity contribution in [2.45, 2.75) is 18.9 Å². The lowest BCUT2D eigenvalue weighted by Gasteiger charge is -2.10. The summed E-state index contributed by atoms with van der Waals surface area (Å²) in [5.74, 6) is -0.389. The Labute approximate surface area is 116 Å². The molecule has 8 heteroatoms. The maximum Gasteiger partial charge on any atom is 0.273 e. The molecule has 1 N–H and O–H groups in total. The van der Waals surface area contributed by atoms with Crippen molar-refractivity contribution in [3.05, 3.63) is 39.9 Å². The van der Waals surface area contributed by atoms with Gasteiger partial charge < -0.3 is 5.32 Å². The number of nitro groups is 1. The predicted octanol–water partition coefficient (Wildman–Crippen LogP) is 0.441. The molecule has 0 bridgehead atoms. The Kier molecular flexibility index (Phi) is 4.03. The van der Waals surface area contributed by atoms with Gasteiger partial charge in [-0.05, 0) is 6.42 Å². The molecule has 0 spiro atoms. The second kappa shape index (κ2) is 5.58. The van der Waals surface area contributed by atoms with Crippen molar-refractivity contribution in [3.8, 4) is 0 Å². The second-order valence-electron chi connectivity index (χ2n) is 4.73. The van der Waals surface area contributed by atoms with Crippen LogP contribution in [0.3, 0.4) is 0 Å². The highest BCUT2D eigenvalue weighted by Gasteiger charge is 2.29. The number of benzene rings is 1. The van der Waals surface area contributed by atoms with Gasteiger partial charge in [0.15, 0.2) is 9.84 Å². The summed E-state index contributed by atoms with van der Waals surface area (Å²) in [6, 6.07) is 5.61. The number of nitrogens with zero attached hydrogens (tertiary/aromatic N) is 1. The minimum atomic E-state index is -3.06. The lowest BCUT2D eigenvalue weighted by atomic mass is 10.1. The van der Waals surface area contributed by atoms with E-state index in [9.17, 15) is 23.3 Å². The van der Waals surface area contributed by atoms with E-state index in [-0.39, 0.29) is 23.6 Å². The zero-order valence-corrected chi connectivity index (χ0v) is 11.4. The average molecular weight is 298 g/mol. The molecule has 1 saturated heterocycles. The standard InChI is InChI=1S/C12H14N2O5S/c15-12(13-10-5-6-20(18,19)8-10)7-9-3-1-2-4-11(9)14(16)17/h1-4,10H,5-8H2,(H,13,15). The van der Waals surface area contributed by atoms with E-state index in [0.717, 1.165) is 0 Å². The first-order valence-electron chi connectivity index (χ1n) is 6.09. The van der Waals surface area contributed by atoms with E-state index in [0.29, 0.717) is 12.0 Å². The lowest BCUT2D eigenvalue weighted by molar-refractivity contribution is -0.385. The maximum atomic E-state index is 11.8. The van der Waals surface area contributed by atoms with Gasteiger partial charge in [0.25, 0.3) is 5.69 Å². The Bertz CT molecular complexity index is 641. The van der Waals surface area contributed by atoms with Crippen molar-refractivity contribution in [1.29, 1.82) is 0 Å². The first-order valence-corrected chi connectivity index (χ1v) is 7.91. The second-order valence-corrected chi connectivity index (χ2v) is 6.96. The summed E-state index contributed by atoms with van der Waals surface area (Å²) in [6.07, 6.45) is 0.263. The normalized spacial score (nSPS) is 20.5. The van der Waals surface area contributed by atoms with E-state index in [1.54, 1.807) is 6.07 Å². The first-order chi connectivity index (χ1) is 9.37. The van der Waals surface area contributed by atoms with Crippen LogP contribution in [0, 0.1) is 10.1 Å².